The number of pyridine rings is 1. The molecule has 7 rings (SSSR count). The van der Waals surface area contributed by atoms with Crippen LogP contribution in [-0.2, 0) is 16.1 Å². The van der Waals surface area contributed by atoms with Gasteiger partial charge in [0.05, 0.1) is 27.3 Å². The molecule has 1 unspecified atom stereocenters. The first kappa shape index (κ1) is 37.5. The third kappa shape index (κ3) is 6.52. The van der Waals surface area contributed by atoms with E-state index in [0.717, 1.165) is 16.3 Å². The van der Waals surface area contributed by atoms with Gasteiger partial charge in [0.25, 0.3) is 17.7 Å². The van der Waals surface area contributed by atoms with Crippen LogP contribution in [0.4, 0.5) is 5.82 Å². The van der Waals surface area contributed by atoms with Crippen molar-refractivity contribution >= 4 is 62.9 Å². The van der Waals surface area contributed by atoms with E-state index in [1.807, 2.05) is 12.1 Å². The Kier molecular flexibility index (Phi) is 9.78. The lowest BCUT2D eigenvalue weighted by Crippen LogP contribution is -2.74. The van der Waals surface area contributed by atoms with Gasteiger partial charge in [-0.3, -0.25) is 39.1 Å². The second-order valence-electron chi connectivity index (χ2n) is 15.4. The molecule has 4 aliphatic rings. The molecule has 1 aliphatic carbocycles. The second-order valence-corrected chi connectivity index (χ2v) is 16.6. The number of fused-ring (bicyclic) bond motifs is 1. The van der Waals surface area contributed by atoms with Crippen molar-refractivity contribution in [2.24, 2.45) is 10.8 Å². The molecule has 5 amide bonds. The highest BCUT2D eigenvalue weighted by atomic mass is 79.9. The van der Waals surface area contributed by atoms with Gasteiger partial charge < -0.3 is 15.0 Å². The Bertz CT molecular complexity index is 2110. The molecular weight excluding hydrogens is 778 g/mol. The van der Waals surface area contributed by atoms with Gasteiger partial charge in [-0.2, -0.15) is 5.26 Å². The molecule has 54 heavy (non-hydrogen) atoms. The summed E-state index contributed by atoms with van der Waals surface area (Å²) in [4.78, 5) is 74.1. The maximum absolute atomic E-state index is 13.4. The molecule has 1 aromatic heterocycles. The minimum atomic E-state index is -1.02. The summed E-state index contributed by atoms with van der Waals surface area (Å²) in [6, 6.07) is 13.0. The van der Waals surface area contributed by atoms with E-state index in [2.05, 4.69) is 75.1 Å². The fourth-order valence-corrected chi connectivity index (χ4v) is 9.43. The number of hydrogen-bond acceptors (Lipinski definition) is 10. The zero-order chi connectivity index (χ0) is 38.7. The third-order valence-electron chi connectivity index (χ3n) is 11.2. The summed E-state index contributed by atoms with van der Waals surface area (Å²) in [5.74, 6) is -1.03. The largest absolute Gasteiger partial charge is 0.489 e. The summed E-state index contributed by atoms with van der Waals surface area (Å²) in [6.07, 6.45) is 1.54. The van der Waals surface area contributed by atoms with Crippen LogP contribution in [0.2, 0.25) is 5.02 Å². The molecule has 0 radical (unpaired) electrons. The van der Waals surface area contributed by atoms with Gasteiger partial charge >= 0.3 is 0 Å². The molecule has 3 aromatic rings. The molecule has 1 saturated carbocycles. The first-order valence-electron chi connectivity index (χ1n) is 17.7. The number of aromatic nitrogens is 1. The average molecular weight is 817 g/mol. The Hall–Kier alpha value is -4.84. The number of nitrogens with one attached hydrogen (secondary N) is 2. The number of anilines is 1. The third-order valence-corrected chi connectivity index (χ3v) is 12.4. The van der Waals surface area contributed by atoms with Crippen molar-refractivity contribution < 1.29 is 28.7 Å². The van der Waals surface area contributed by atoms with Gasteiger partial charge in [-0.05, 0) is 58.2 Å². The molecule has 4 heterocycles. The Balaban J connectivity index is 0.934. The van der Waals surface area contributed by atoms with E-state index in [4.69, 9.17) is 16.3 Å². The maximum Gasteiger partial charge on any atom is 0.263 e. The van der Waals surface area contributed by atoms with Crippen molar-refractivity contribution in [3.8, 4) is 11.8 Å². The van der Waals surface area contributed by atoms with Gasteiger partial charge in [-0.25, -0.2) is 4.98 Å². The number of piperazine rings is 1. The zero-order valence-electron chi connectivity index (χ0n) is 30.2. The number of carbonyl (C=O) groups is 5. The molecule has 2 saturated heterocycles. The summed E-state index contributed by atoms with van der Waals surface area (Å²) >= 11 is 9.80. The standard InChI is InChI=1S/C39H39BrClN7O6/c1-38(2)36(39(3,4)37(38)54-24-8-5-21(18-42)26(41)17-24)45-32(50)22-7-11-28(43-19-22)47-15-13-46(14-16-47)20-23-6-9-25-30(31(23)40)35(53)48(34(25)52)27-10-12-29(49)44-33(27)51/h5-9,11,17,19,27,36-37H,10,12-16,20H2,1-4H3,(H,45,50)(H,44,49,51). The number of halogens is 2. The smallest absolute Gasteiger partial charge is 0.263 e. The molecule has 3 aliphatic heterocycles. The lowest BCUT2D eigenvalue weighted by atomic mass is 9.49. The number of nitriles is 1. The lowest BCUT2D eigenvalue weighted by Gasteiger charge is -2.63. The Morgan fingerprint density at radius 2 is 1.76 bits per heavy atom. The first-order valence-corrected chi connectivity index (χ1v) is 18.9. The van der Waals surface area contributed by atoms with Crippen molar-refractivity contribution in [1.82, 2.24) is 25.4 Å². The summed E-state index contributed by atoms with van der Waals surface area (Å²) in [6.45, 7) is 11.6. The van der Waals surface area contributed by atoms with Crippen LogP contribution < -0.4 is 20.3 Å². The number of hydrogen-bond donors (Lipinski definition) is 2. The highest BCUT2D eigenvalue weighted by Gasteiger charge is 2.64. The Morgan fingerprint density at radius 1 is 1.04 bits per heavy atom. The summed E-state index contributed by atoms with van der Waals surface area (Å²) in [7, 11) is 0. The lowest BCUT2D eigenvalue weighted by molar-refractivity contribution is -0.164. The van der Waals surface area contributed by atoms with Crippen molar-refractivity contribution in [1.29, 1.82) is 5.26 Å². The number of ether oxygens (including phenoxy) is 1. The predicted octanol–water partition coefficient (Wildman–Crippen LogP) is 4.70. The maximum atomic E-state index is 13.4. The fraction of sp³-hybridized carbons (Fsp3) is 0.410. The molecule has 2 N–H and O–H groups in total. The van der Waals surface area contributed by atoms with Gasteiger partial charge in [-0.1, -0.05) is 45.4 Å². The van der Waals surface area contributed by atoms with E-state index in [-0.39, 0.29) is 42.0 Å². The summed E-state index contributed by atoms with van der Waals surface area (Å²) < 4.78 is 6.87. The van der Waals surface area contributed by atoms with Crippen LogP contribution in [0.25, 0.3) is 0 Å². The van der Waals surface area contributed by atoms with E-state index in [0.29, 0.717) is 59.1 Å². The molecule has 1 atom stereocenters. The quantitative estimate of drug-likeness (QED) is 0.305. The molecule has 0 bridgehead atoms. The minimum absolute atomic E-state index is 0.0612. The van der Waals surface area contributed by atoms with Crippen LogP contribution >= 0.6 is 27.5 Å². The molecule has 280 valence electrons. The van der Waals surface area contributed by atoms with Crippen LogP contribution in [0.5, 0.6) is 5.75 Å². The van der Waals surface area contributed by atoms with Gasteiger partial charge in [0.15, 0.2) is 0 Å². The van der Waals surface area contributed by atoms with E-state index in [9.17, 15) is 29.2 Å². The van der Waals surface area contributed by atoms with Gasteiger partial charge in [0.2, 0.25) is 11.8 Å². The molecular formula is C39H39BrClN7O6. The highest BCUT2D eigenvalue weighted by Crippen LogP contribution is 2.55. The SMILES string of the molecule is CC1(C)C(NC(=O)c2ccc(N3CCN(Cc4ccc5c(c4Br)C(=O)N(C4CCC(=O)NC4=O)C5=O)CC3)nc2)C(C)(C)C1Oc1ccc(C#N)c(Cl)c1. The van der Waals surface area contributed by atoms with Gasteiger partial charge in [-0.15, -0.1) is 0 Å². The summed E-state index contributed by atoms with van der Waals surface area (Å²) in [5, 5.41) is 15.0. The van der Waals surface area contributed by atoms with Crippen molar-refractivity contribution in [3.63, 3.8) is 0 Å². The number of amides is 5. The highest BCUT2D eigenvalue weighted by molar-refractivity contribution is 9.10. The Labute approximate surface area is 326 Å². The fourth-order valence-electron chi connectivity index (χ4n) is 8.58. The minimum Gasteiger partial charge on any atom is -0.489 e. The second kappa shape index (κ2) is 14.1. The van der Waals surface area contributed by atoms with E-state index >= 15 is 0 Å². The van der Waals surface area contributed by atoms with Crippen LogP contribution in [-0.4, -0.2) is 88.7 Å². The molecule has 15 heteroatoms. The van der Waals surface area contributed by atoms with Crippen LogP contribution in [0.3, 0.4) is 0 Å². The average Bonchev–Trinajstić information content (AvgIpc) is 3.39. The molecule has 0 spiro atoms. The number of nitrogens with zero attached hydrogens (tertiary/aromatic N) is 5. The van der Waals surface area contributed by atoms with Crippen LogP contribution in [0.15, 0.2) is 53.1 Å². The molecule has 13 nitrogen and oxygen atoms in total. The van der Waals surface area contributed by atoms with Gasteiger partial charge in [0.1, 0.15) is 29.8 Å². The van der Waals surface area contributed by atoms with Crippen molar-refractivity contribution in [2.45, 2.75) is 65.3 Å². The van der Waals surface area contributed by atoms with Crippen LogP contribution in [0, 0.1) is 22.2 Å². The van der Waals surface area contributed by atoms with E-state index in [1.54, 1.807) is 36.5 Å². The number of carbonyl (C=O) groups excluding carboxylic acids is 5. The molecule has 2 aromatic carbocycles. The number of piperidine rings is 1. The van der Waals surface area contributed by atoms with E-state index in [1.165, 1.54) is 0 Å². The number of benzene rings is 2. The van der Waals surface area contributed by atoms with Gasteiger partial charge in [0, 0.05) is 72.8 Å². The van der Waals surface area contributed by atoms with E-state index < -0.39 is 40.5 Å². The number of imide groups is 2. The normalized spacial score (nSPS) is 23.3. The predicted molar refractivity (Wildman–Crippen MR) is 202 cm³/mol. The Morgan fingerprint density at radius 3 is 2.39 bits per heavy atom. The van der Waals surface area contributed by atoms with Crippen LogP contribution in [0.1, 0.15) is 82.7 Å². The van der Waals surface area contributed by atoms with Crippen molar-refractivity contribution in [2.75, 3.05) is 31.1 Å². The topological polar surface area (TPSA) is 165 Å². The zero-order valence-corrected chi connectivity index (χ0v) is 32.6. The monoisotopic (exact) mass is 815 g/mol. The van der Waals surface area contributed by atoms with Crippen molar-refractivity contribution in [3.05, 3.63) is 86.0 Å². The summed E-state index contributed by atoms with van der Waals surface area (Å²) in [5.41, 5.74) is 1.36. The molecule has 3 fully saturated rings. The number of rotatable bonds is 8. The first-order chi connectivity index (χ1) is 25.6.